The molecule has 0 aliphatic carbocycles. The molecule has 0 atom stereocenters. The van der Waals surface area contributed by atoms with Crippen LogP contribution in [0.5, 0.6) is 0 Å². The number of furan rings is 1. The normalized spacial score (nSPS) is 11.7. The Morgan fingerprint density at radius 1 is 1.30 bits per heavy atom. The Hall–Kier alpha value is -1.81. The van der Waals surface area contributed by atoms with Crippen LogP contribution in [0.25, 0.3) is 11.0 Å². The second-order valence-corrected chi connectivity index (χ2v) is 5.10. The number of carboxylic acids is 1. The van der Waals surface area contributed by atoms with Crippen LogP contribution >= 0.6 is 0 Å². The standard InChI is InChI=1S/C16H21NO3/c1-4-11(5-2)17(3)10-13-12-8-6-7-9-14(12)20-15(13)16(18)19/h6-9,11H,4-5,10H2,1-3H3,(H,18,19). The molecule has 0 amide bonds. The molecule has 20 heavy (non-hydrogen) atoms. The minimum Gasteiger partial charge on any atom is -0.475 e. The predicted molar refractivity (Wildman–Crippen MR) is 79.0 cm³/mol. The van der Waals surface area contributed by atoms with Crippen LogP contribution in [0.1, 0.15) is 42.8 Å². The number of nitrogens with zero attached hydrogens (tertiary/aromatic N) is 1. The summed E-state index contributed by atoms with van der Waals surface area (Å²) in [5.74, 6) is -0.946. The lowest BCUT2D eigenvalue weighted by Gasteiger charge is -2.25. The molecule has 0 aliphatic heterocycles. The zero-order valence-electron chi connectivity index (χ0n) is 12.2. The summed E-state index contributed by atoms with van der Waals surface area (Å²) in [6.45, 7) is 4.89. The molecule has 0 radical (unpaired) electrons. The van der Waals surface area contributed by atoms with E-state index in [0.717, 1.165) is 23.8 Å². The Morgan fingerprint density at radius 2 is 1.95 bits per heavy atom. The van der Waals surface area contributed by atoms with Crippen molar-refractivity contribution < 1.29 is 14.3 Å². The molecule has 0 saturated heterocycles. The molecule has 0 spiro atoms. The first-order chi connectivity index (χ1) is 9.58. The maximum absolute atomic E-state index is 11.4. The first-order valence-electron chi connectivity index (χ1n) is 7.02. The number of hydrogen-bond acceptors (Lipinski definition) is 3. The number of aromatic carboxylic acids is 1. The van der Waals surface area contributed by atoms with E-state index in [2.05, 4.69) is 18.7 Å². The lowest BCUT2D eigenvalue weighted by atomic mass is 10.1. The first-order valence-corrected chi connectivity index (χ1v) is 7.02. The molecule has 0 bridgehead atoms. The number of carboxylic acid groups (broad SMARTS) is 1. The van der Waals surface area contributed by atoms with Crippen molar-refractivity contribution in [3.05, 3.63) is 35.6 Å². The first kappa shape index (κ1) is 14.6. The van der Waals surface area contributed by atoms with Gasteiger partial charge in [-0.2, -0.15) is 0 Å². The number of benzene rings is 1. The summed E-state index contributed by atoms with van der Waals surface area (Å²) < 4.78 is 5.48. The fourth-order valence-corrected chi connectivity index (χ4v) is 2.72. The molecule has 4 heteroatoms. The van der Waals surface area contributed by atoms with Gasteiger partial charge < -0.3 is 9.52 Å². The highest BCUT2D eigenvalue weighted by molar-refractivity contribution is 5.95. The number of para-hydroxylation sites is 1. The zero-order valence-corrected chi connectivity index (χ0v) is 12.2. The molecular weight excluding hydrogens is 254 g/mol. The van der Waals surface area contributed by atoms with Gasteiger partial charge in [-0.15, -0.1) is 0 Å². The molecule has 4 nitrogen and oxygen atoms in total. The van der Waals surface area contributed by atoms with Gasteiger partial charge >= 0.3 is 5.97 Å². The van der Waals surface area contributed by atoms with E-state index in [0.29, 0.717) is 18.2 Å². The molecule has 0 unspecified atom stereocenters. The lowest BCUT2D eigenvalue weighted by Crippen LogP contribution is -2.30. The average Bonchev–Trinajstić information content (AvgIpc) is 2.79. The van der Waals surface area contributed by atoms with Crippen molar-refractivity contribution in [2.45, 2.75) is 39.3 Å². The fourth-order valence-electron chi connectivity index (χ4n) is 2.72. The predicted octanol–water partition coefficient (Wildman–Crippen LogP) is 3.75. The van der Waals surface area contributed by atoms with Crippen molar-refractivity contribution in [2.24, 2.45) is 0 Å². The van der Waals surface area contributed by atoms with E-state index in [9.17, 15) is 9.90 Å². The molecule has 0 fully saturated rings. The molecule has 2 rings (SSSR count). The van der Waals surface area contributed by atoms with Crippen molar-refractivity contribution in [3.8, 4) is 0 Å². The summed E-state index contributed by atoms with van der Waals surface area (Å²) in [5, 5.41) is 10.2. The number of carbonyl (C=O) groups is 1. The SMILES string of the molecule is CCC(CC)N(C)Cc1c(C(=O)O)oc2ccccc12. The van der Waals surface area contributed by atoms with Crippen LogP contribution < -0.4 is 0 Å². The maximum Gasteiger partial charge on any atom is 0.372 e. The van der Waals surface area contributed by atoms with E-state index in [1.807, 2.05) is 31.3 Å². The van der Waals surface area contributed by atoms with E-state index >= 15 is 0 Å². The Kier molecular flexibility index (Phi) is 4.45. The lowest BCUT2D eigenvalue weighted by molar-refractivity contribution is 0.0661. The highest BCUT2D eigenvalue weighted by Crippen LogP contribution is 2.27. The van der Waals surface area contributed by atoms with Gasteiger partial charge in [0.1, 0.15) is 5.58 Å². The largest absolute Gasteiger partial charge is 0.475 e. The molecule has 0 saturated carbocycles. The summed E-state index contributed by atoms with van der Waals surface area (Å²) in [5.41, 5.74) is 1.40. The van der Waals surface area contributed by atoms with Gasteiger partial charge in [-0.3, -0.25) is 4.90 Å². The second kappa shape index (κ2) is 6.09. The minimum absolute atomic E-state index is 0.0593. The van der Waals surface area contributed by atoms with Crippen LogP contribution in [0.4, 0.5) is 0 Å². The van der Waals surface area contributed by atoms with Gasteiger partial charge in [-0.25, -0.2) is 4.79 Å². The van der Waals surface area contributed by atoms with Crippen LogP contribution in [-0.4, -0.2) is 29.1 Å². The van der Waals surface area contributed by atoms with Crippen molar-refractivity contribution >= 4 is 16.9 Å². The fraction of sp³-hybridized carbons (Fsp3) is 0.438. The van der Waals surface area contributed by atoms with Gasteiger partial charge in [0.15, 0.2) is 0 Å². The molecule has 1 N–H and O–H groups in total. The van der Waals surface area contributed by atoms with Crippen molar-refractivity contribution in [1.29, 1.82) is 0 Å². The van der Waals surface area contributed by atoms with Crippen LogP contribution in [0.3, 0.4) is 0 Å². The Bertz CT molecular complexity index is 599. The minimum atomic E-state index is -1.01. The van der Waals surface area contributed by atoms with Gasteiger partial charge in [-0.1, -0.05) is 32.0 Å². The van der Waals surface area contributed by atoms with Gasteiger partial charge in [0.25, 0.3) is 0 Å². The van der Waals surface area contributed by atoms with Crippen LogP contribution in [-0.2, 0) is 6.54 Å². The number of hydrogen-bond donors (Lipinski definition) is 1. The van der Waals surface area contributed by atoms with Crippen molar-refractivity contribution in [3.63, 3.8) is 0 Å². The summed E-state index contributed by atoms with van der Waals surface area (Å²) in [6.07, 6.45) is 2.09. The third-order valence-electron chi connectivity index (χ3n) is 3.87. The van der Waals surface area contributed by atoms with E-state index in [4.69, 9.17) is 4.42 Å². The molecule has 1 heterocycles. The molecular formula is C16H21NO3. The third-order valence-corrected chi connectivity index (χ3v) is 3.87. The highest BCUT2D eigenvalue weighted by Gasteiger charge is 2.22. The number of fused-ring (bicyclic) bond motifs is 1. The van der Waals surface area contributed by atoms with E-state index in [1.165, 1.54) is 0 Å². The molecule has 2 aromatic rings. The smallest absolute Gasteiger partial charge is 0.372 e. The monoisotopic (exact) mass is 275 g/mol. The van der Waals surface area contributed by atoms with Gasteiger partial charge in [-0.05, 0) is 26.0 Å². The third kappa shape index (κ3) is 2.70. The van der Waals surface area contributed by atoms with Gasteiger partial charge in [0.05, 0.1) is 0 Å². The highest BCUT2D eigenvalue weighted by atomic mass is 16.4. The van der Waals surface area contributed by atoms with Gasteiger partial charge in [0.2, 0.25) is 5.76 Å². The Morgan fingerprint density at radius 3 is 2.55 bits per heavy atom. The van der Waals surface area contributed by atoms with E-state index < -0.39 is 5.97 Å². The van der Waals surface area contributed by atoms with Crippen LogP contribution in [0.2, 0.25) is 0 Å². The zero-order chi connectivity index (χ0) is 14.7. The van der Waals surface area contributed by atoms with Gasteiger partial charge in [0, 0.05) is 23.5 Å². The maximum atomic E-state index is 11.4. The average molecular weight is 275 g/mol. The summed E-state index contributed by atoms with van der Waals surface area (Å²) in [6, 6.07) is 7.94. The Labute approximate surface area is 119 Å². The Balaban J connectivity index is 2.41. The summed E-state index contributed by atoms with van der Waals surface area (Å²) >= 11 is 0. The topological polar surface area (TPSA) is 53.7 Å². The van der Waals surface area contributed by atoms with E-state index in [-0.39, 0.29) is 5.76 Å². The van der Waals surface area contributed by atoms with E-state index in [1.54, 1.807) is 0 Å². The molecule has 108 valence electrons. The van der Waals surface area contributed by atoms with Crippen LogP contribution in [0, 0.1) is 0 Å². The molecule has 1 aromatic carbocycles. The van der Waals surface area contributed by atoms with Crippen molar-refractivity contribution in [1.82, 2.24) is 4.90 Å². The summed E-state index contributed by atoms with van der Waals surface area (Å²) in [4.78, 5) is 13.6. The summed E-state index contributed by atoms with van der Waals surface area (Å²) in [7, 11) is 2.03. The quantitative estimate of drug-likeness (QED) is 0.872. The van der Waals surface area contributed by atoms with Crippen molar-refractivity contribution in [2.75, 3.05) is 7.05 Å². The second-order valence-electron chi connectivity index (χ2n) is 5.10. The number of rotatable bonds is 6. The molecule has 1 aromatic heterocycles. The van der Waals surface area contributed by atoms with Crippen LogP contribution in [0.15, 0.2) is 28.7 Å². The molecule has 0 aliphatic rings.